The molecule has 0 spiro atoms. The largest absolute Gasteiger partial charge is 0.481 e. The molecule has 1 N–H and O–H groups in total. The maximum absolute atomic E-state index is 13.0. The van der Waals surface area contributed by atoms with Crippen molar-refractivity contribution in [1.29, 1.82) is 0 Å². The number of hydrogen-bond acceptors (Lipinski definition) is 2. The Morgan fingerprint density at radius 2 is 1.59 bits per heavy atom. The maximum atomic E-state index is 13.0. The Morgan fingerprint density at radius 1 is 0.955 bits per heavy atom. The highest BCUT2D eigenvalue weighted by Gasteiger charge is 2.36. The van der Waals surface area contributed by atoms with Crippen LogP contribution in [0.4, 0.5) is 0 Å². The summed E-state index contributed by atoms with van der Waals surface area (Å²) in [7, 11) is 0. The first-order valence-corrected chi connectivity index (χ1v) is 7.85. The van der Waals surface area contributed by atoms with Crippen LogP contribution >= 0.6 is 0 Å². The van der Waals surface area contributed by atoms with E-state index in [0.717, 1.165) is 29.2 Å². The second kappa shape index (κ2) is 5.91. The molecule has 1 aliphatic rings. The molecule has 0 bridgehead atoms. The molecule has 0 saturated heterocycles. The van der Waals surface area contributed by atoms with Crippen molar-refractivity contribution in [3.63, 3.8) is 0 Å². The number of carboxylic acids is 1. The number of Topliss-reactive ketones (excluding diaryl/α,β-unsaturated/α-hetero) is 1. The van der Waals surface area contributed by atoms with Gasteiger partial charge in [0, 0.05) is 11.5 Å². The van der Waals surface area contributed by atoms with Gasteiger partial charge in [0.1, 0.15) is 0 Å². The van der Waals surface area contributed by atoms with Gasteiger partial charge in [-0.25, -0.2) is 0 Å². The number of benzene rings is 2. The van der Waals surface area contributed by atoms with E-state index in [2.05, 4.69) is 0 Å². The zero-order chi connectivity index (χ0) is 15.7. The molecular formula is C19H20O3. The summed E-state index contributed by atoms with van der Waals surface area (Å²) < 4.78 is 0. The molecule has 3 nitrogen and oxygen atoms in total. The van der Waals surface area contributed by atoms with Gasteiger partial charge in [-0.15, -0.1) is 0 Å². The van der Waals surface area contributed by atoms with Gasteiger partial charge in [0.15, 0.2) is 5.78 Å². The van der Waals surface area contributed by atoms with E-state index in [1.54, 1.807) is 0 Å². The monoisotopic (exact) mass is 296 g/mol. The van der Waals surface area contributed by atoms with Crippen molar-refractivity contribution in [2.75, 3.05) is 0 Å². The van der Waals surface area contributed by atoms with Crippen LogP contribution in [0.1, 0.15) is 41.6 Å². The number of carboxylic acid groups (broad SMARTS) is 1. The average Bonchev–Trinajstić information content (AvgIpc) is 2.55. The summed E-state index contributed by atoms with van der Waals surface area (Å²) in [6, 6.07) is 11.7. The number of rotatable bonds is 3. The third-order valence-corrected chi connectivity index (χ3v) is 4.83. The lowest BCUT2D eigenvalue weighted by atomic mass is 9.75. The summed E-state index contributed by atoms with van der Waals surface area (Å²) in [4.78, 5) is 24.4. The Labute approximate surface area is 130 Å². The van der Waals surface area contributed by atoms with E-state index < -0.39 is 17.8 Å². The Hall–Kier alpha value is -2.16. The van der Waals surface area contributed by atoms with Crippen molar-refractivity contribution in [3.05, 3.63) is 47.5 Å². The van der Waals surface area contributed by atoms with E-state index in [1.807, 2.05) is 43.3 Å². The van der Waals surface area contributed by atoms with Crippen LogP contribution in [0.15, 0.2) is 36.4 Å². The molecule has 0 amide bonds. The molecule has 0 heterocycles. The van der Waals surface area contributed by atoms with Crippen LogP contribution in [0, 0.1) is 18.8 Å². The van der Waals surface area contributed by atoms with Gasteiger partial charge >= 0.3 is 5.97 Å². The topological polar surface area (TPSA) is 54.4 Å². The van der Waals surface area contributed by atoms with E-state index in [9.17, 15) is 14.7 Å². The van der Waals surface area contributed by atoms with E-state index in [-0.39, 0.29) is 5.78 Å². The molecule has 3 rings (SSSR count). The van der Waals surface area contributed by atoms with Crippen LogP contribution in [-0.4, -0.2) is 16.9 Å². The van der Waals surface area contributed by atoms with Crippen LogP contribution < -0.4 is 0 Å². The lowest BCUT2D eigenvalue weighted by Crippen LogP contribution is -2.32. The van der Waals surface area contributed by atoms with Gasteiger partial charge in [-0.1, -0.05) is 49.2 Å². The third kappa shape index (κ3) is 2.52. The highest BCUT2D eigenvalue weighted by atomic mass is 16.4. The minimum Gasteiger partial charge on any atom is -0.481 e. The first-order chi connectivity index (χ1) is 10.6. The van der Waals surface area contributed by atoms with E-state index in [0.29, 0.717) is 18.4 Å². The van der Waals surface area contributed by atoms with Gasteiger partial charge in [0.25, 0.3) is 0 Å². The summed E-state index contributed by atoms with van der Waals surface area (Å²) in [5.74, 6) is -1.78. The molecule has 3 heteroatoms. The maximum Gasteiger partial charge on any atom is 0.307 e. The van der Waals surface area contributed by atoms with Crippen molar-refractivity contribution < 1.29 is 14.7 Å². The van der Waals surface area contributed by atoms with E-state index >= 15 is 0 Å². The molecular weight excluding hydrogens is 276 g/mol. The summed E-state index contributed by atoms with van der Waals surface area (Å²) >= 11 is 0. The second-order valence-electron chi connectivity index (χ2n) is 6.18. The van der Waals surface area contributed by atoms with Crippen LogP contribution in [-0.2, 0) is 4.79 Å². The van der Waals surface area contributed by atoms with Gasteiger partial charge in [-0.3, -0.25) is 9.59 Å². The molecule has 0 radical (unpaired) electrons. The molecule has 0 aromatic heterocycles. The smallest absolute Gasteiger partial charge is 0.307 e. The first kappa shape index (κ1) is 14.8. The number of fused-ring (bicyclic) bond motifs is 1. The molecule has 1 fully saturated rings. The van der Waals surface area contributed by atoms with Crippen LogP contribution in [0.3, 0.4) is 0 Å². The fourth-order valence-corrected chi connectivity index (χ4v) is 3.60. The molecule has 2 aromatic carbocycles. The average molecular weight is 296 g/mol. The Morgan fingerprint density at radius 3 is 2.27 bits per heavy atom. The van der Waals surface area contributed by atoms with Crippen molar-refractivity contribution in [3.8, 4) is 0 Å². The van der Waals surface area contributed by atoms with Crippen LogP contribution in [0.2, 0.25) is 0 Å². The molecule has 2 atom stereocenters. The summed E-state index contributed by atoms with van der Waals surface area (Å²) in [6.07, 6.45) is 3.12. The van der Waals surface area contributed by atoms with Gasteiger partial charge in [-0.05, 0) is 36.1 Å². The molecule has 1 aliphatic carbocycles. The number of ketones is 1. The van der Waals surface area contributed by atoms with Crippen LogP contribution in [0.25, 0.3) is 10.8 Å². The Kier molecular flexibility index (Phi) is 3.97. The van der Waals surface area contributed by atoms with Crippen molar-refractivity contribution >= 4 is 22.5 Å². The number of carbonyl (C=O) groups excluding carboxylic acids is 1. The predicted octanol–water partition coefficient (Wildman–Crippen LogP) is 4.22. The zero-order valence-corrected chi connectivity index (χ0v) is 12.7. The highest BCUT2D eigenvalue weighted by molar-refractivity contribution is 6.10. The molecule has 2 aromatic rings. The zero-order valence-electron chi connectivity index (χ0n) is 12.7. The Balaban J connectivity index is 2.05. The molecule has 1 saturated carbocycles. The van der Waals surface area contributed by atoms with Gasteiger partial charge < -0.3 is 5.11 Å². The minimum atomic E-state index is -0.838. The first-order valence-electron chi connectivity index (χ1n) is 7.85. The number of aliphatic carboxylic acids is 1. The lowest BCUT2D eigenvalue weighted by molar-refractivity contribution is -0.144. The normalized spacial score (nSPS) is 21.7. The summed E-state index contributed by atoms with van der Waals surface area (Å²) in [6.45, 7) is 2.03. The van der Waals surface area contributed by atoms with Gasteiger partial charge in [-0.2, -0.15) is 0 Å². The SMILES string of the molecule is Cc1ccc(C(=O)C2CCCCC2C(=O)O)c2ccccc12. The number of aryl methyl sites for hydroxylation is 1. The fraction of sp³-hybridized carbons (Fsp3) is 0.368. The minimum absolute atomic E-state index is 0.0108. The van der Waals surface area contributed by atoms with E-state index in [4.69, 9.17) is 0 Å². The van der Waals surface area contributed by atoms with Crippen LogP contribution in [0.5, 0.6) is 0 Å². The lowest BCUT2D eigenvalue weighted by Gasteiger charge is -2.27. The second-order valence-corrected chi connectivity index (χ2v) is 6.18. The Bertz CT molecular complexity index is 733. The van der Waals surface area contributed by atoms with Crippen molar-refractivity contribution in [2.24, 2.45) is 11.8 Å². The summed E-state index contributed by atoms with van der Waals surface area (Å²) in [5.41, 5.74) is 1.80. The van der Waals surface area contributed by atoms with Crippen molar-refractivity contribution in [1.82, 2.24) is 0 Å². The molecule has 2 unspecified atom stereocenters. The van der Waals surface area contributed by atoms with E-state index in [1.165, 1.54) is 0 Å². The summed E-state index contributed by atoms with van der Waals surface area (Å²) in [5, 5.41) is 11.4. The molecule has 114 valence electrons. The number of hydrogen-bond donors (Lipinski definition) is 1. The quantitative estimate of drug-likeness (QED) is 0.863. The van der Waals surface area contributed by atoms with Gasteiger partial charge in [0.2, 0.25) is 0 Å². The number of carbonyl (C=O) groups is 2. The van der Waals surface area contributed by atoms with Gasteiger partial charge in [0.05, 0.1) is 5.92 Å². The molecule has 22 heavy (non-hydrogen) atoms. The predicted molar refractivity (Wildman–Crippen MR) is 86.1 cm³/mol. The standard InChI is InChI=1S/C19H20O3/c1-12-10-11-16(14-7-3-2-6-13(12)14)18(20)15-8-4-5-9-17(15)19(21)22/h2-3,6-7,10-11,15,17H,4-5,8-9H2,1H3,(H,21,22). The highest BCUT2D eigenvalue weighted by Crippen LogP contribution is 2.34. The third-order valence-electron chi connectivity index (χ3n) is 4.83. The fourth-order valence-electron chi connectivity index (χ4n) is 3.60. The van der Waals surface area contributed by atoms with Crippen molar-refractivity contribution in [2.45, 2.75) is 32.6 Å². The molecule has 0 aliphatic heterocycles.